The van der Waals surface area contributed by atoms with Gasteiger partial charge in [-0.25, -0.2) is 10.3 Å². The van der Waals surface area contributed by atoms with Crippen LogP contribution in [0.25, 0.3) is 0 Å². The fourth-order valence-electron chi connectivity index (χ4n) is 3.06. The minimum absolute atomic E-state index is 0.128. The summed E-state index contributed by atoms with van der Waals surface area (Å²) in [5, 5.41) is 19.7. The molecule has 10 nitrogen and oxygen atoms in total. The molecule has 0 unspecified atom stereocenters. The van der Waals surface area contributed by atoms with Crippen LogP contribution < -0.4 is 15.5 Å². The number of alkyl carbamates (subject to hydrolysis) is 1. The zero-order chi connectivity index (χ0) is 24.8. The summed E-state index contributed by atoms with van der Waals surface area (Å²) in [5.41, 5.74) is 2.39. The molecule has 0 heterocycles. The van der Waals surface area contributed by atoms with E-state index in [1.807, 2.05) is 0 Å². The Morgan fingerprint density at radius 3 is 2.38 bits per heavy atom. The van der Waals surface area contributed by atoms with Crippen LogP contribution in [0, 0.1) is 0 Å². The van der Waals surface area contributed by atoms with E-state index in [0.29, 0.717) is 29.7 Å². The maximum atomic E-state index is 12.5. The van der Waals surface area contributed by atoms with Crippen LogP contribution in [-0.4, -0.2) is 54.6 Å². The number of aliphatic hydroxyl groups is 1. The molecule has 0 radical (unpaired) electrons. The number of amides is 3. The van der Waals surface area contributed by atoms with Crippen LogP contribution in [0.5, 0.6) is 5.75 Å². The number of carbonyl (C=O) groups is 3. The number of rotatable bonds is 12. The van der Waals surface area contributed by atoms with Gasteiger partial charge in [-0.15, -0.1) is 0 Å². The molecule has 0 saturated carbocycles. The van der Waals surface area contributed by atoms with E-state index >= 15 is 0 Å². The predicted octanol–water partition coefficient (Wildman–Crippen LogP) is 2.52. The summed E-state index contributed by atoms with van der Waals surface area (Å²) in [4.78, 5) is 36.0. The molecule has 0 aliphatic heterocycles. The molecular weight excluding hydrogens is 444 g/mol. The van der Waals surface area contributed by atoms with Gasteiger partial charge in [0, 0.05) is 18.7 Å². The lowest BCUT2D eigenvalue weighted by Crippen LogP contribution is -2.35. The molecule has 2 aromatic rings. The van der Waals surface area contributed by atoms with Gasteiger partial charge in [0.15, 0.2) is 6.10 Å². The number of imide groups is 1. The first-order valence-corrected chi connectivity index (χ1v) is 10.5. The van der Waals surface area contributed by atoms with Crippen molar-refractivity contribution in [2.24, 2.45) is 0 Å². The topological polar surface area (TPSA) is 143 Å². The van der Waals surface area contributed by atoms with E-state index in [4.69, 9.17) is 24.5 Å². The van der Waals surface area contributed by atoms with Gasteiger partial charge in [-0.05, 0) is 42.7 Å². The van der Waals surface area contributed by atoms with Crippen LogP contribution >= 0.6 is 0 Å². The molecule has 0 saturated heterocycles. The zero-order valence-corrected chi connectivity index (χ0v) is 18.7. The number of hydrogen-bond acceptors (Lipinski definition) is 8. The highest BCUT2D eigenvalue weighted by atomic mass is 16.6. The number of nitrogens with one attached hydrogen (secondary N) is 2. The number of methoxy groups -OCH3 is 1. The van der Waals surface area contributed by atoms with E-state index in [1.54, 1.807) is 60.7 Å². The summed E-state index contributed by atoms with van der Waals surface area (Å²) in [7, 11) is 1.46. The molecule has 0 aliphatic rings. The summed E-state index contributed by atoms with van der Waals surface area (Å²) in [5.74, 6) is -0.754. The first kappa shape index (κ1) is 26.5. The van der Waals surface area contributed by atoms with Gasteiger partial charge in [-0.2, -0.15) is 0 Å². The number of ether oxygens (including phenoxy) is 3. The fraction of sp³-hybridized carbons (Fsp3) is 0.292. The molecule has 10 heteroatoms. The Labute approximate surface area is 197 Å². The minimum atomic E-state index is -0.947. The normalized spacial score (nSPS) is 12.6. The van der Waals surface area contributed by atoms with Crippen molar-refractivity contribution in [3.05, 3.63) is 77.9 Å². The molecule has 0 aromatic heterocycles. The number of carbonyl (C=O) groups excluding carboxylic acids is 3. The molecule has 3 amide bonds. The number of aliphatic hydroxyl groups excluding tert-OH is 1. The van der Waals surface area contributed by atoms with Gasteiger partial charge >= 0.3 is 6.09 Å². The summed E-state index contributed by atoms with van der Waals surface area (Å²) < 4.78 is 16.5. The zero-order valence-electron chi connectivity index (χ0n) is 18.7. The summed E-state index contributed by atoms with van der Waals surface area (Å²) in [6, 6.07) is 14.9. The molecule has 4 N–H and O–H groups in total. The van der Waals surface area contributed by atoms with E-state index < -0.39 is 30.1 Å². The molecular formula is C24H28N2O8. The van der Waals surface area contributed by atoms with Gasteiger partial charge in [0.05, 0.1) is 12.7 Å². The first-order valence-electron chi connectivity index (χ1n) is 10.5. The molecule has 2 rings (SSSR count). The van der Waals surface area contributed by atoms with Gasteiger partial charge in [0.25, 0.3) is 11.8 Å². The van der Waals surface area contributed by atoms with Gasteiger partial charge in [-0.3, -0.25) is 20.1 Å². The standard InChI is InChI=1S/C24H28N2O8/c1-32-20(9-5-6-10-21(28)26-31)22(17-11-13-19(14-12-17)33-16-15-27)34-24(30)25-23(29)18-7-3-2-4-8-18/h2-4,6-8,10-14,20,22,27,31H,5,9,15-16H2,1H3,(H,26,28)(H,25,29,30)/b10-6+/t20-,22-/m0/s1. The molecule has 2 atom stereocenters. The number of allylic oxidation sites excluding steroid dienone is 1. The van der Waals surface area contributed by atoms with Crippen molar-refractivity contribution >= 4 is 17.9 Å². The first-order chi connectivity index (χ1) is 16.5. The van der Waals surface area contributed by atoms with Crippen LogP contribution in [0.2, 0.25) is 0 Å². The van der Waals surface area contributed by atoms with Crippen LogP contribution in [0.3, 0.4) is 0 Å². The second-order valence-electron chi connectivity index (χ2n) is 7.02. The minimum Gasteiger partial charge on any atom is -0.491 e. The Hall–Kier alpha value is -3.73. The molecule has 2 aromatic carbocycles. The number of hydroxylamine groups is 1. The van der Waals surface area contributed by atoms with Gasteiger partial charge in [0.2, 0.25) is 0 Å². The Kier molecular flexibility index (Phi) is 11.3. The highest BCUT2D eigenvalue weighted by Gasteiger charge is 2.27. The molecule has 0 spiro atoms. The Morgan fingerprint density at radius 2 is 1.76 bits per heavy atom. The van der Waals surface area contributed by atoms with Crippen LogP contribution in [0.15, 0.2) is 66.7 Å². The van der Waals surface area contributed by atoms with Crippen molar-refractivity contribution < 1.29 is 38.9 Å². The second kappa shape index (κ2) is 14.4. The van der Waals surface area contributed by atoms with Crippen molar-refractivity contribution in [2.75, 3.05) is 20.3 Å². The van der Waals surface area contributed by atoms with E-state index in [9.17, 15) is 14.4 Å². The molecule has 0 bridgehead atoms. The number of hydrogen-bond donors (Lipinski definition) is 4. The SMILES string of the molecule is CO[C@@H](CC/C=C/C(=O)NO)[C@@H](OC(=O)NC(=O)c1ccccc1)c1ccc(OCCO)cc1. The third-order valence-electron chi connectivity index (χ3n) is 4.69. The van der Waals surface area contributed by atoms with Gasteiger partial charge < -0.3 is 19.3 Å². The van der Waals surface area contributed by atoms with E-state index in [2.05, 4.69) is 5.32 Å². The number of benzene rings is 2. The Balaban J connectivity index is 2.16. The van der Waals surface area contributed by atoms with E-state index in [-0.39, 0.29) is 13.2 Å². The van der Waals surface area contributed by atoms with Crippen molar-refractivity contribution in [1.29, 1.82) is 0 Å². The lowest BCUT2D eigenvalue weighted by molar-refractivity contribution is -0.124. The van der Waals surface area contributed by atoms with Gasteiger partial charge in [-0.1, -0.05) is 36.4 Å². The van der Waals surface area contributed by atoms with Crippen molar-refractivity contribution in [3.8, 4) is 5.75 Å². The fourth-order valence-corrected chi connectivity index (χ4v) is 3.06. The van der Waals surface area contributed by atoms with Crippen molar-refractivity contribution in [1.82, 2.24) is 10.8 Å². The third-order valence-corrected chi connectivity index (χ3v) is 4.69. The Morgan fingerprint density at radius 1 is 1.06 bits per heavy atom. The lowest BCUT2D eigenvalue weighted by atomic mass is 10.00. The predicted molar refractivity (Wildman–Crippen MR) is 121 cm³/mol. The molecule has 0 aliphatic carbocycles. The second-order valence-corrected chi connectivity index (χ2v) is 7.02. The van der Waals surface area contributed by atoms with Crippen LogP contribution in [-0.2, 0) is 14.3 Å². The highest BCUT2D eigenvalue weighted by molar-refractivity contribution is 6.02. The maximum Gasteiger partial charge on any atom is 0.414 e. The summed E-state index contributed by atoms with van der Waals surface area (Å²) in [6.45, 7) is 0.00833. The summed E-state index contributed by atoms with van der Waals surface area (Å²) >= 11 is 0. The van der Waals surface area contributed by atoms with Crippen LogP contribution in [0.1, 0.15) is 34.9 Å². The summed E-state index contributed by atoms with van der Waals surface area (Å²) in [6.07, 6.45) is 0.995. The molecule has 0 fully saturated rings. The van der Waals surface area contributed by atoms with Crippen LogP contribution in [0.4, 0.5) is 4.79 Å². The molecule has 34 heavy (non-hydrogen) atoms. The average molecular weight is 472 g/mol. The highest BCUT2D eigenvalue weighted by Crippen LogP contribution is 2.28. The largest absolute Gasteiger partial charge is 0.491 e. The monoisotopic (exact) mass is 472 g/mol. The van der Waals surface area contributed by atoms with E-state index in [0.717, 1.165) is 0 Å². The Bertz CT molecular complexity index is 947. The average Bonchev–Trinajstić information content (AvgIpc) is 2.87. The molecule has 182 valence electrons. The third kappa shape index (κ3) is 8.66. The van der Waals surface area contributed by atoms with Gasteiger partial charge in [0.1, 0.15) is 12.4 Å². The smallest absolute Gasteiger partial charge is 0.414 e. The lowest BCUT2D eigenvalue weighted by Gasteiger charge is -2.26. The maximum absolute atomic E-state index is 12.5. The quantitative estimate of drug-likeness (QED) is 0.210. The van der Waals surface area contributed by atoms with E-state index in [1.165, 1.54) is 18.7 Å². The van der Waals surface area contributed by atoms with Crippen molar-refractivity contribution in [3.63, 3.8) is 0 Å². The van der Waals surface area contributed by atoms with Crippen molar-refractivity contribution in [2.45, 2.75) is 25.0 Å².